The zero-order valence-electron chi connectivity index (χ0n) is 12.2. The van der Waals surface area contributed by atoms with Crippen LogP contribution in [-0.4, -0.2) is 20.1 Å². The van der Waals surface area contributed by atoms with E-state index in [0.29, 0.717) is 10.6 Å². The third-order valence-electron chi connectivity index (χ3n) is 3.27. The van der Waals surface area contributed by atoms with Crippen LogP contribution in [0.1, 0.15) is 5.56 Å². The number of benzene rings is 1. The Morgan fingerprint density at radius 2 is 2.05 bits per heavy atom. The van der Waals surface area contributed by atoms with Crippen LogP contribution >= 0.6 is 22.7 Å². The molecule has 5 nitrogen and oxygen atoms in total. The number of hydrogen-bond donors (Lipinski definition) is 0. The Labute approximate surface area is 136 Å². The van der Waals surface area contributed by atoms with E-state index in [1.54, 1.807) is 36.2 Å². The SMILES string of the molecule is COc1ccc(C)c2sc(=NS(=O)(=O)c3cccs3)n(C)c12. The third kappa shape index (κ3) is 2.47. The fraction of sp³-hybridized carbons (Fsp3) is 0.214. The van der Waals surface area contributed by atoms with Crippen molar-refractivity contribution in [2.75, 3.05) is 7.11 Å². The van der Waals surface area contributed by atoms with Gasteiger partial charge in [0.25, 0.3) is 10.0 Å². The summed E-state index contributed by atoms with van der Waals surface area (Å²) in [5.41, 5.74) is 1.92. The number of hydrogen-bond acceptors (Lipinski definition) is 5. The number of nitrogens with zero attached hydrogens (tertiary/aromatic N) is 2. The highest BCUT2D eigenvalue weighted by atomic mass is 32.2. The van der Waals surface area contributed by atoms with Crippen LogP contribution in [0.25, 0.3) is 10.2 Å². The summed E-state index contributed by atoms with van der Waals surface area (Å²) >= 11 is 2.51. The second-order valence-corrected chi connectivity index (χ2v) is 8.46. The highest BCUT2D eigenvalue weighted by Gasteiger charge is 2.16. The number of fused-ring (bicyclic) bond motifs is 1. The average molecular weight is 354 g/mol. The Morgan fingerprint density at radius 3 is 2.68 bits per heavy atom. The zero-order chi connectivity index (χ0) is 15.9. The molecule has 0 atom stereocenters. The Balaban J connectivity index is 2.32. The topological polar surface area (TPSA) is 60.7 Å². The molecule has 0 saturated heterocycles. The predicted octanol–water partition coefficient (Wildman–Crippen LogP) is 2.91. The second kappa shape index (κ2) is 5.53. The van der Waals surface area contributed by atoms with Crippen molar-refractivity contribution in [2.45, 2.75) is 11.1 Å². The lowest BCUT2D eigenvalue weighted by atomic mass is 10.2. The molecular formula is C14H14N2O3S3. The molecule has 0 amide bonds. The Hall–Kier alpha value is -1.64. The molecule has 116 valence electrons. The zero-order valence-corrected chi connectivity index (χ0v) is 14.7. The van der Waals surface area contributed by atoms with Crippen molar-refractivity contribution >= 4 is 42.9 Å². The Morgan fingerprint density at radius 1 is 1.27 bits per heavy atom. The van der Waals surface area contributed by atoms with E-state index >= 15 is 0 Å². The van der Waals surface area contributed by atoms with E-state index < -0.39 is 10.0 Å². The van der Waals surface area contributed by atoms with Gasteiger partial charge < -0.3 is 9.30 Å². The third-order valence-corrected chi connectivity index (χ3v) is 7.30. The lowest BCUT2D eigenvalue weighted by Crippen LogP contribution is -2.13. The van der Waals surface area contributed by atoms with Crippen LogP contribution in [0.5, 0.6) is 5.75 Å². The maximum absolute atomic E-state index is 12.3. The Bertz CT molecular complexity index is 996. The van der Waals surface area contributed by atoms with Gasteiger partial charge in [0.1, 0.15) is 15.5 Å². The first-order valence-electron chi connectivity index (χ1n) is 6.41. The summed E-state index contributed by atoms with van der Waals surface area (Å²) < 4.78 is 37.0. The minimum Gasteiger partial charge on any atom is -0.495 e. The van der Waals surface area contributed by atoms with Crippen LogP contribution < -0.4 is 9.54 Å². The molecule has 0 aliphatic rings. The summed E-state index contributed by atoms with van der Waals surface area (Å²) in [6, 6.07) is 7.09. The van der Waals surface area contributed by atoms with Crippen molar-refractivity contribution in [3.05, 3.63) is 40.0 Å². The lowest BCUT2D eigenvalue weighted by Gasteiger charge is -2.05. The van der Waals surface area contributed by atoms with E-state index in [9.17, 15) is 8.42 Å². The fourth-order valence-corrected chi connectivity index (χ4v) is 5.46. The van der Waals surface area contributed by atoms with Crippen LogP contribution in [0.4, 0.5) is 0 Å². The van der Waals surface area contributed by atoms with Crippen LogP contribution in [0.3, 0.4) is 0 Å². The number of thiazole rings is 1. The first-order chi connectivity index (χ1) is 10.4. The van der Waals surface area contributed by atoms with Crippen LogP contribution in [0.2, 0.25) is 0 Å². The summed E-state index contributed by atoms with van der Waals surface area (Å²) in [6.07, 6.45) is 0. The van der Waals surface area contributed by atoms with E-state index in [0.717, 1.165) is 27.1 Å². The number of thiophene rings is 1. The van der Waals surface area contributed by atoms with Gasteiger partial charge >= 0.3 is 0 Å². The van der Waals surface area contributed by atoms with Crippen molar-refractivity contribution in [1.29, 1.82) is 0 Å². The van der Waals surface area contributed by atoms with Crippen molar-refractivity contribution < 1.29 is 13.2 Å². The van der Waals surface area contributed by atoms with Gasteiger partial charge in [-0.3, -0.25) is 0 Å². The molecular weight excluding hydrogens is 340 g/mol. The van der Waals surface area contributed by atoms with Crippen LogP contribution in [0.15, 0.2) is 38.3 Å². The van der Waals surface area contributed by atoms with Gasteiger partial charge in [-0.2, -0.15) is 8.42 Å². The molecule has 8 heteroatoms. The summed E-state index contributed by atoms with van der Waals surface area (Å²) in [5.74, 6) is 0.703. The van der Waals surface area contributed by atoms with Gasteiger partial charge in [-0.25, -0.2) is 0 Å². The first-order valence-corrected chi connectivity index (χ1v) is 9.55. The molecule has 0 unspecified atom stereocenters. The van der Waals surface area contributed by atoms with E-state index in [4.69, 9.17) is 4.74 Å². The largest absolute Gasteiger partial charge is 0.495 e. The van der Waals surface area contributed by atoms with E-state index in [-0.39, 0.29) is 4.21 Å². The maximum atomic E-state index is 12.3. The van der Waals surface area contributed by atoms with Crippen molar-refractivity contribution in [2.24, 2.45) is 11.4 Å². The summed E-state index contributed by atoms with van der Waals surface area (Å²) in [7, 11) is -0.287. The van der Waals surface area contributed by atoms with Gasteiger partial charge in [0.15, 0.2) is 0 Å². The van der Waals surface area contributed by atoms with Gasteiger partial charge in [0, 0.05) is 7.05 Å². The average Bonchev–Trinajstić information content (AvgIpc) is 3.11. The molecule has 1 aromatic carbocycles. The van der Waals surface area contributed by atoms with Crippen molar-refractivity contribution in [3.63, 3.8) is 0 Å². The molecule has 0 bridgehead atoms. The summed E-state index contributed by atoms with van der Waals surface area (Å²) in [5, 5.41) is 1.72. The molecule has 3 aromatic rings. The number of aromatic nitrogens is 1. The summed E-state index contributed by atoms with van der Waals surface area (Å²) in [4.78, 5) is 0.427. The quantitative estimate of drug-likeness (QED) is 0.726. The molecule has 22 heavy (non-hydrogen) atoms. The first kappa shape index (κ1) is 15.3. The van der Waals surface area contributed by atoms with Gasteiger partial charge in [0.2, 0.25) is 4.80 Å². The van der Waals surface area contributed by atoms with Crippen LogP contribution in [-0.2, 0) is 17.1 Å². The molecule has 0 saturated carbocycles. The number of aryl methyl sites for hydroxylation is 2. The van der Waals surface area contributed by atoms with Gasteiger partial charge in [-0.05, 0) is 30.0 Å². The minimum absolute atomic E-state index is 0.244. The van der Waals surface area contributed by atoms with Crippen molar-refractivity contribution in [3.8, 4) is 5.75 Å². The molecule has 2 aromatic heterocycles. The number of sulfonamides is 1. The van der Waals surface area contributed by atoms with E-state index in [1.165, 1.54) is 11.3 Å². The molecule has 0 N–H and O–H groups in total. The van der Waals surface area contributed by atoms with Crippen molar-refractivity contribution in [1.82, 2.24) is 4.57 Å². The van der Waals surface area contributed by atoms with Gasteiger partial charge in [0.05, 0.1) is 11.8 Å². The summed E-state index contributed by atoms with van der Waals surface area (Å²) in [6.45, 7) is 1.98. The fourth-order valence-electron chi connectivity index (χ4n) is 2.16. The number of rotatable bonds is 3. The van der Waals surface area contributed by atoms with Gasteiger partial charge in [-0.1, -0.05) is 23.5 Å². The lowest BCUT2D eigenvalue weighted by molar-refractivity contribution is 0.417. The van der Waals surface area contributed by atoms with Crippen LogP contribution in [0, 0.1) is 6.92 Å². The number of ether oxygens (including phenoxy) is 1. The molecule has 0 spiro atoms. The number of methoxy groups -OCH3 is 1. The normalized spacial score (nSPS) is 13.0. The smallest absolute Gasteiger partial charge is 0.294 e. The maximum Gasteiger partial charge on any atom is 0.294 e. The van der Waals surface area contributed by atoms with Gasteiger partial charge in [-0.15, -0.1) is 15.7 Å². The standard InChI is InChI=1S/C14H14N2O3S3/c1-9-6-7-10(19-3)12-13(9)21-14(16(12)2)15-22(17,18)11-5-4-8-20-11/h4-8H,1-3H3. The Kier molecular flexibility index (Phi) is 3.84. The van der Waals surface area contributed by atoms with E-state index in [2.05, 4.69) is 4.40 Å². The predicted molar refractivity (Wildman–Crippen MR) is 89.2 cm³/mol. The van der Waals surface area contributed by atoms with E-state index in [1.807, 2.05) is 19.1 Å². The highest BCUT2D eigenvalue weighted by Crippen LogP contribution is 2.30. The monoisotopic (exact) mass is 354 g/mol. The molecule has 0 radical (unpaired) electrons. The minimum atomic E-state index is -3.68. The second-order valence-electron chi connectivity index (χ2n) is 4.70. The molecule has 0 aliphatic carbocycles. The molecule has 2 heterocycles. The highest BCUT2D eigenvalue weighted by molar-refractivity contribution is 7.92. The molecule has 0 fully saturated rings. The molecule has 3 rings (SSSR count). The molecule has 0 aliphatic heterocycles.